The first-order chi connectivity index (χ1) is 7.74. The molecule has 1 aliphatic carbocycles. The molecule has 16 heavy (non-hydrogen) atoms. The van der Waals surface area contributed by atoms with Crippen LogP contribution in [0.1, 0.15) is 46.5 Å². The molecule has 94 valence electrons. The van der Waals surface area contributed by atoms with Crippen LogP contribution in [0.2, 0.25) is 0 Å². The molecule has 0 radical (unpaired) electrons. The van der Waals surface area contributed by atoms with Crippen molar-refractivity contribution >= 4 is 0 Å². The van der Waals surface area contributed by atoms with E-state index in [0.717, 1.165) is 30.5 Å². The van der Waals surface area contributed by atoms with Gasteiger partial charge in [0, 0.05) is 25.2 Å². The van der Waals surface area contributed by atoms with E-state index in [1.165, 1.54) is 38.8 Å². The van der Waals surface area contributed by atoms with E-state index < -0.39 is 0 Å². The van der Waals surface area contributed by atoms with Gasteiger partial charge in [-0.15, -0.1) is 0 Å². The molecule has 3 unspecified atom stereocenters. The molecule has 2 nitrogen and oxygen atoms in total. The van der Waals surface area contributed by atoms with Crippen LogP contribution in [0.4, 0.5) is 0 Å². The molecular weight excluding hydrogens is 196 g/mol. The number of nitrogens with one attached hydrogen (secondary N) is 1. The van der Waals surface area contributed by atoms with Gasteiger partial charge in [-0.1, -0.05) is 20.8 Å². The molecule has 0 amide bonds. The van der Waals surface area contributed by atoms with Crippen LogP contribution in [-0.2, 0) is 0 Å². The zero-order chi connectivity index (χ0) is 11.5. The van der Waals surface area contributed by atoms with Crippen molar-refractivity contribution in [2.24, 2.45) is 11.8 Å². The summed E-state index contributed by atoms with van der Waals surface area (Å²) < 4.78 is 0. The number of piperidine rings is 1. The fourth-order valence-corrected chi connectivity index (χ4v) is 3.47. The average molecular weight is 224 g/mol. The molecule has 1 saturated carbocycles. The van der Waals surface area contributed by atoms with Gasteiger partial charge in [0.1, 0.15) is 0 Å². The summed E-state index contributed by atoms with van der Waals surface area (Å²) in [7, 11) is 0. The van der Waals surface area contributed by atoms with E-state index in [1.807, 2.05) is 0 Å². The zero-order valence-corrected chi connectivity index (χ0v) is 11.2. The van der Waals surface area contributed by atoms with Crippen molar-refractivity contribution in [2.45, 2.75) is 58.5 Å². The second kappa shape index (κ2) is 5.50. The maximum Gasteiger partial charge on any atom is 0.0198 e. The second-order valence-corrected chi connectivity index (χ2v) is 5.86. The summed E-state index contributed by atoms with van der Waals surface area (Å²) in [6.45, 7) is 10.7. The molecule has 2 aliphatic rings. The number of likely N-dealkylation sites (tertiary alicyclic amines) is 1. The molecular formula is C14H28N2. The molecule has 2 heteroatoms. The Morgan fingerprint density at radius 3 is 2.56 bits per heavy atom. The third-order valence-corrected chi connectivity index (χ3v) is 4.23. The van der Waals surface area contributed by atoms with Crippen LogP contribution in [0.5, 0.6) is 0 Å². The third-order valence-electron chi connectivity index (χ3n) is 4.23. The summed E-state index contributed by atoms with van der Waals surface area (Å²) in [6, 6.07) is 1.62. The largest absolute Gasteiger partial charge is 0.313 e. The first kappa shape index (κ1) is 12.4. The normalized spacial score (nSPS) is 33.9. The van der Waals surface area contributed by atoms with Crippen LogP contribution in [0, 0.1) is 11.8 Å². The Balaban J connectivity index is 1.91. The van der Waals surface area contributed by atoms with Gasteiger partial charge >= 0.3 is 0 Å². The van der Waals surface area contributed by atoms with Gasteiger partial charge < -0.3 is 5.32 Å². The van der Waals surface area contributed by atoms with Crippen molar-refractivity contribution in [2.75, 3.05) is 19.6 Å². The molecule has 0 aromatic carbocycles. The molecule has 3 atom stereocenters. The van der Waals surface area contributed by atoms with Gasteiger partial charge in [-0.25, -0.2) is 0 Å². The maximum atomic E-state index is 3.64. The van der Waals surface area contributed by atoms with Crippen molar-refractivity contribution < 1.29 is 0 Å². The number of nitrogens with zero attached hydrogens (tertiary/aromatic N) is 1. The van der Waals surface area contributed by atoms with E-state index in [2.05, 4.69) is 31.0 Å². The zero-order valence-electron chi connectivity index (χ0n) is 11.2. The summed E-state index contributed by atoms with van der Waals surface area (Å²) >= 11 is 0. The lowest BCUT2D eigenvalue weighted by atomic mass is 9.93. The number of likely N-dealkylation sites (N-methyl/N-ethyl adjacent to an activating group) is 1. The van der Waals surface area contributed by atoms with Crippen molar-refractivity contribution in [3.8, 4) is 0 Å². The molecule has 1 N–H and O–H groups in total. The first-order valence-corrected chi connectivity index (χ1v) is 7.22. The third kappa shape index (κ3) is 2.98. The Hall–Kier alpha value is -0.0800. The first-order valence-electron chi connectivity index (χ1n) is 7.22. The summed E-state index contributed by atoms with van der Waals surface area (Å²) in [5, 5.41) is 3.64. The summed E-state index contributed by atoms with van der Waals surface area (Å²) in [6.07, 6.45) is 5.67. The number of hydrogen-bond acceptors (Lipinski definition) is 2. The average Bonchev–Trinajstić information content (AvgIpc) is 3.03. The Bertz CT molecular complexity index is 213. The molecule has 0 spiro atoms. The number of hydrogen-bond donors (Lipinski definition) is 1. The highest BCUT2D eigenvalue weighted by Gasteiger charge is 2.37. The van der Waals surface area contributed by atoms with Crippen LogP contribution in [0.15, 0.2) is 0 Å². The van der Waals surface area contributed by atoms with Crippen LogP contribution in [-0.4, -0.2) is 36.6 Å². The van der Waals surface area contributed by atoms with Crippen LogP contribution >= 0.6 is 0 Å². The molecule has 0 aromatic rings. The van der Waals surface area contributed by atoms with Gasteiger partial charge in [0.15, 0.2) is 0 Å². The monoisotopic (exact) mass is 224 g/mol. The molecule has 1 heterocycles. The Morgan fingerprint density at radius 2 is 2.00 bits per heavy atom. The van der Waals surface area contributed by atoms with Gasteiger partial charge in [0.25, 0.3) is 0 Å². The van der Waals surface area contributed by atoms with Crippen LogP contribution < -0.4 is 5.32 Å². The van der Waals surface area contributed by atoms with Crippen LogP contribution in [0.25, 0.3) is 0 Å². The Labute approximate surface area is 101 Å². The quantitative estimate of drug-likeness (QED) is 0.772. The van der Waals surface area contributed by atoms with E-state index in [9.17, 15) is 0 Å². The Morgan fingerprint density at radius 1 is 1.25 bits per heavy atom. The molecule has 2 rings (SSSR count). The van der Waals surface area contributed by atoms with Gasteiger partial charge in [0.05, 0.1) is 0 Å². The maximum absolute atomic E-state index is 3.64. The SMILES string of the molecule is CCNC1CC(C)CN(C(CC)C2CC2)C1. The molecule has 0 aromatic heterocycles. The number of rotatable bonds is 5. The Kier molecular flexibility index (Phi) is 4.26. The lowest BCUT2D eigenvalue weighted by Crippen LogP contribution is -2.52. The van der Waals surface area contributed by atoms with E-state index in [4.69, 9.17) is 0 Å². The van der Waals surface area contributed by atoms with Crippen LogP contribution in [0.3, 0.4) is 0 Å². The summed E-state index contributed by atoms with van der Waals surface area (Å²) in [5.74, 6) is 1.89. The lowest BCUT2D eigenvalue weighted by molar-refractivity contribution is 0.0903. The predicted molar refractivity (Wildman–Crippen MR) is 69.6 cm³/mol. The fraction of sp³-hybridized carbons (Fsp3) is 1.00. The highest BCUT2D eigenvalue weighted by atomic mass is 15.2. The lowest BCUT2D eigenvalue weighted by Gasteiger charge is -2.41. The topological polar surface area (TPSA) is 15.3 Å². The minimum atomic E-state index is 0.738. The highest BCUT2D eigenvalue weighted by molar-refractivity contribution is 4.92. The summed E-state index contributed by atoms with van der Waals surface area (Å²) in [4.78, 5) is 2.78. The minimum Gasteiger partial charge on any atom is -0.313 e. The highest BCUT2D eigenvalue weighted by Crippen LogP contribution is 2.38. The van der Waals surface area contributed by atoms with E-state index >= 15 is 0 Å². The smallest absolute Gasteiger partial charge is 0.0198 e. The van der Waals surface area contributed by atoms with Crippen molar-refractivity contribution in [1.82, 2.24) is 10.2 Å². The molecule has 1 saturated heterocycles. The van der Waals surface area contributed by atoms with E-state index in [1.54, 1.807) is 0 Å². The predicted octanol–water partition coefficient (Wildman–Crippen LogP) is 2.49. The van der Waals surface area contributed by atoms with Gasteiger partial charge in [-0.2, -0.15) is 0 Å². The second-order valence-electron chi connectivity index (χ2n) is 5.86. The van der Waals surface area contributed by atoms with E-state index in [-0.39, 0.29) is 0 Å². The minimum absolute atomic E-state index is 0.738. The fourth-order valence-electron chi connectivity index (χ4n) is 3.47. The van der Waals surface area contributed by atoms with Crippen molar-refractivity contribution in [1.29, 1.82) is 0 Å². The van der Waals surface area contributed by atoms with Gasteiger partial charge in [-0.05, 0) is 44.1 Å². The van der Waals surface area contributed by atoms with Crippen molar-refractivity contribution in [3.05, 3.63) is 0 Å². The van der Waals surface area contributed by atoms with Gasteiger partial charge in [-0.3, -0.25) is 4.90 Å². The molecule has 1 aliphatic heterocycles. The van der Waals surface area contributed by atoms with E-state index in [0.29, 0.717) is 0 Å². The molecule has 2 fully saturated rings. The van der Waals surface area contributed by atoms with Gasteiger partial charge in [0.2, 0.25) is 0 Å². The van der Waals surface area contributed by atoms with Crippen molar-refractivity contribution in [3.63, 3.8) is 0 Å². The molecule has 0 bridgehead atoms. The summed E-state index contributed by atoms with van der Waals surface area (Å²) in [5.41, 5.74) is 0. The standard InChI is InChI=1S/C14H28N2/c1-4-14(12-6-7-12)16-9-11(3)8-13(10-16)15-5-2/h11-15H,4-10H2,1-3H3.